The summed E-state index contributed by atoms with van der Waals surface area (Å²) in [6.07, 6.45) is 4.35. The number of carboxylic acids is 1. The molecular formula is C29H26BrN3O5. The van der Waals surface area contributed by atoms with Gasteiger partial charge in [0.1, 0.15) is 12.4 Å². The van der Waals surface area contributed by atoms with Crippen molar-refractivity contribution in [2.75, 3.05) is 7.11 Å². The number of aromatic nitrogens is 2. The molecule has 1 N–H and O–H groups in total. The second-order valence-electron chi connectivity index (χ2n) is 8.40. The molecule has 1 aromatic heterocycles. The van der Waals surface area contributed by atoms with E-state index in [1.54, 1.807) is 48.7 Å². The molecule has 0 fully saturated rings. The first-order valence-corrected chi connectivity index (χ1v) is 12.7. The predicted octanol–water partition coefficient (Wildman–Crippen LogP) is 5.62. The van der Waals surface area contributed by atoms with Crippen LogP contribution in [-0.2, 0) is 19.4 Å². The monoisotopic (exact) mass is 575 g/mol. The lowest BCUT2D eigenvalue weighted by Crippen LogP contribution is -2.22. The van der Waals surface area contributed by atoms with Gasteiger partial charge < -0.3 is 14.6 Å². The molecule has 4 aromatic rings. The second kappa shape index (κ2) is 11.9. The predicted molar refractivity (Wildman–Crippen MR) is 151 cm³/mol. The summed E-state index contributed by atoms with van der Waals surface area (Å²) in [5.74, 6) is 0.542. The molecule has 0 saturated heterocycles. The van der Waals surface area contributed by atoms with Crippen molar-refractivity contribution < 1.29 is 19.4 Å². The number of ether oxygens (including phenoxy) is 2. The van der Waals surface area contributed by atoms with Crippen LogP contribution in [0.4, 0.5) is 0 Å². The second-order valence-corrected chi connectivity index (χ2v) is 9.32. The molecule has 0 aliphatic heterocycles. The first kappa shape index (κ1) is 26.8. The first-order valence-electron chi connectivity index (χ1n) is 11.9. The van der Waals surface area contributed by atoms with Crippen molar-refractivity contribution in [3.63, 3.8) is 0 Å². The number of aromatic carboxylic acids is 1. The van der Waals surface area contributed by atoms with Crippen molar-refractivity contribution in [2.45, 2.75) is 26.4 Å². The smallest absolute Gasteiger partial charge is 0.335 e. The van der Waals surface area contributed by atoms with Crippen LogP contribution in [0, 0.1) is 0 Å². The Hall–Kier alpha value is -4.24. The molecule has 194 valence electrons. The Kier molecular flexibility index (Phi) is 8.38. The Morgan fingerprint density at radius 3 is 2.74 bits per heavy atom. The molecule has 0 aliphatic rings. The molecule has 0 radical (unpaired) electrons. The van der Waals surface area contributed by atoms with Gasteiger partial charge in [-0.1, -0.05) is 41.1 Å². The summed E-state index contributed by atoms with van der Waals surface area (Å²) in [4.78, 5) is 29.1. The first-order chi connectivity index (χ1) is 18.3. The van der Waals surface area contributed by atoms with Gasteiger partial charge in [-0.15, -0.1) is 6.58 Å². The number of allylic oxidation sites excluding steroid dienone is 1. The van der Waals surface area contributed by atoms with E-state index in [2.05, 4.69) is 32.6 Å². The van der Waals surface area contributed by atoms with E-state index < -0.39 is 5.97 Å². The van der Waals surface area contributed by atoms with Gasteiger partial charge in [0.25, 0.3) is 5.56 Å². The van der Waals surface area contributed by atoms with Gasteiger partial charge in [-0.3, -0.25) is 4.79 Å². The van der Waals surface area contributed by atoms with E-state index in [0.717, 1.165) is 10.0 Å². The van der Waals surface area contributed by atoms with Gasteiger partial charge in [-0.25, -0.2) is 9.78 Å². The van der Waals surface area contributed by atoms with Gasteiger partial charge >= 0.3 is 5.97 Å². The minimum absolute atomic E-state index is 0.155. The maximum atomic E-state index is 13.2. The van der Waals surface area contributed by atoms with Crippen molar-refractivity contribution in [2.24, 2.45) is 5.10 Å². The van der Waals surface area contributed by atoms with Crippen LogP contribution in [0.15, 0.2) is 81.6 Å². The molecule has 8 nitrogen and oxygen atoms in total. The molecule has 0 spiro atoms. The summed E-state index contributed by atoms with van der Waals surface area (Å²) in [7, 11) is 1.54. The van der Waals surface area contributed by atoms with Crippen molar-refractivity contribution >= 4 is 39.0 Å². The molecule has 0 saturated carbocycles. The normalized spacial score (nSPS) is 11.1. The van der Waals surface area contributed by atoms with E-state index in [1.165, 1.54) is 17.9 Å². The highest BCUT2D eigenvalue weighted by molar-refractivity contribution is 9.10. The molecule has 0 aliphatic carbocycles. The number of nitrogens with zero attached hydrogens (tertiary/aromatic N) is 3. The Morgan fingerprint density at radius 2 is 2.03 bits per heavy atom. The van der Waals surface area contributed by atoms with E-state index in [1.807, 2.05) is 19.1 Å². The SMILES string of the molecule is C=CCc1cc(C=Nn2c(CC)nc3ccc(Br)cc3c2=O)cc(OC)c1OCc1cccc(C(=O)O)c1. The number of halogens is 1. The summed E-state index contributed by atoms with van der Waals surface area (Å²) >= 11 is 3.41. The van der Waals surface area contributed by atoms with Gasteiger partial charge in [0, 0.05) is 16.5 Å². The number of rotatable bonds is 10. The van der Waals surface area contributed by atoms with Crippen LogP contribution in [0.5, 0.6) is 11.5 Å². The molecule has 4 rings (SSSR count). The van der Waals surface area contributed by atoms with Gasteiger partial charge in [0.2, 0.25) is 0 Å². The average Bonchev–Trinajstić information content (AvgIpc) is 2.92. The molecule has 3 aromatic carbocycles. The molecule has 9 heteroatoms. The number of aryl methyl sites for hydroxylation is 1. The van der Waals surface area contributed by atoms with Crippen LogP contribution in [0.1, 0.15) is 39.8 Å². The molecule has 1 heterocycles. The van der Waals surface area contributed by atoms with E-state index in [0.29, 0.717) is 52.2 Å². The van der Waals surface area contributed by atoms with Crippen molar-refractivity contribution in [1.82, 2.24) is 9.66 Å². The number of carbonyl (C=O) groups is 1. The standard InChI is InChI=1S/C29H26BrN3O5/c1-4-7-20-13-19(14-25(37-3)27(20)38-17-18-8-6-9-21(12-18)29(35)36)16-31-33-26(5-2)32-24-11-10-22(30)15-23(24)28(33)34/h4,6,8-16H,1,5,7,17H2,2-3H3,(H,35,36). The quantitative estimate of drug-likeness (QED) is 0.194. The topological polar surface area (TPSA) is 103 Å². The fourth-order valence-electron chi connectivity index (χ4n) is 4.00. The lowest BCUT2D eigenvalue weighted by molar-refractivity contribution is 0.0696. The molecule has 0 unspecified atom stereocenters. The highest BCUT2D eigenvalue weighted by atomic mass is 79.9. The number of carboxylic acid groups (broad SMARTS) is 1. The van der Waals surface area contributed by atoms with Crippen molar-refractivity contribution in [1.29, 1.82) is 0 Å². The summed E-state index contributed by atoms with van der Waals surface area (Å²) in [6, 6.07) is 15.6. The summed E-state index contributed by atoms with van der Waals surface area (Å²) in [5, 5.41) is 14.2. The zero-order valence-corrected chi connectivity index (χ0v) is 22.6. The Labute approximate surface area is 228 Å². The third-order valence-electron chi connectivity index (χ3n) is 5.81. The van der Waals surface area contributed by atoms with E-state index in [9.17, 15) is 14.7 Å². The lowest BCUT2D eigenvalue weighted by atomic mass is 10.1. The highest BCUT2D eigenvalue weighted by Crippen LogP contribution is 2.34. The van der Waals surface area contributed by atoms with E-state index in [-0.39, 0.29) is 17.7 Å². The number of hydrogen-bond acceptors (Lipinski definition) is 6. The summed E-state index contributed by atoms with van der Waals surface area (Å²) in [5.41, 5.74) is 2.76. The molecule has 0 bridgehead atoms. The maximum absolute atomic E-state index is 13.2. The number of fused-ring (bicyclic) bond motifs is 1. The van der Waals surface area contributed by atoms with E-state index in [4.69, 9.17) is 9.47 Å². The fraction of sp³-hybridized carbons (Fsp3) is 0.172. The molecule has 0 atom stereocenters. The summed E-state index contributed by atoms with van der Waals surface area (Å²) in [6.45, 7) is 5.92. The zero-order chi connectivity index (χ0) is 27.2. The third-order valence-corrected chi connectivity index (χ3v) is 6.30. The minimum Gasteiger partial charge on any atom is -0.493 e. The van der Waals surface area contributed by atoms with Gasteiger partial charge in [-0.2, -0.15) is 9.78 Å². The van der Waals surface area contributed by atoms with Gasteiger partial charge in [-0.05, 0) is 60.0 Å². The summed E-state index contributed by atoms with van der Waals surface area (Å²) < 4.78 is 13.8. The van der Waals surface area contributed by atoms with Crippen molar-refractivity contribution in [3.8, 4) is 11.5 Å². The Morgan fingerprint density at radius 1 is 1.21 bits per heavy atom. The lowest BCUT2D eigenvalue weighted by Gasteiger charge is -2.16. The number of benzene rings is 3. The van der Waals surface area contributed by atoms with Gasteiger partial charge in [0.05, 0.1) is 29.8 Å². The molecule has 38 heavy (non-hydrogen) atoms. The average molecular weight is 576 g/mol. The molecular weight excluding hydrogens is 550 g/mol. The molecule has 0 amide bonds. The van der Waals surface area contributed by atoms with Crippen molar-refractivity contribution in [3.05, 3.63) is 110 Å². The Bertz CT molecular complexity index is 1610. The van der Waals surface area contributed by atoms with Crippen LogP contribution < -0.4 is 15.0 Å². The third kappa shape index (κ3) is 5.84. The van der Waals surface area contributed by atoms with Gasteiger partial charge in [0.15, 0.2) is 11.5 Å². The van der Waals surface area contributed by atoms with Crippen LogP contribution >= 0.6 is 15.9 Å². The highest BCUT2D eigenvalue weighted by Gasteiger charge is 2.14. The van der Waals surface area contributed by atoms with Crippen LogP contribution in [0.3, 0.4) is 0 Å². The maximum Gasteiger partial charge on any atom is 0.335 e. The minimum atomic E-state index is -1.000. The van der Waals surface area contributed by atoms with Crippen LogP contribution in [-0.4, -0.2) is 34.1 Å². The van der Waals surface area contributed by atoms with Crippen LogP contribution in [0.25, 0.3) is 10.9 Å². The fourth-order valence-corrected chi connectivity index (χ4v) is 4.36. The number of methoxy groups -OCH3 is 1. The zero-order valence-electron chi connectivity index (χ0n) is 21.0. The van der Waals surface area contributed by atoms with Crippen LogP contribution in [0.2, 0.25) is 0 Å². The van der Waals surface area contributed by atoms with E-state index >= 15 is 0 Å². The number of hydrogen-bond donors (Lipinski definition) is 1. The largest absolute Gasteiger partial charge is 0.493 e. The Balaban J connectivity index is 1.70.